The van der Waals surface area contributed by atoms with Crippen molar-refractivity contribution in [2.75, 3.05) is 12.4 Å². The summed E-state index contributed by atoms with van der Waals surface area (Å²) in [5, 5.41) is 5.80. The van der Waals surface area contributed by atoms with Gasteiger partial charge in [-0.25, -0.2) is 4.98 Å². The van der Waals surface area contributed by atoms with Crippen molar-refractivity contribution in [3.63, 3.8) is 0 Å². The fourth-order valence-corrected chi connectivity index (χ4v) is 1.71. The predicted octanol–water partition coefficient (Wildman–Crippen LogP) is 1.76. The molecule has 2 heterocycles. The van der Waals surface area contributed by atoms with E-state index in [9.17, 15) is 4.79 Å². The third kappa shape index (κ3) is 3.51. The minimum atomic E-state index is -0.120. The van der Waals surface area contributed by atoms with E-state index >= 15 is 0 Å². The van der Waals surface area contributed by atoms with Gasteiger partial charge in [-0.1, -0.05) is 6.07 Å². The molecule has 0 bridgehead atoms. The lowest BCUT2D eigenvalue weighted by Gasteiger charge is -2.07. The van der Waals surface area contributed by atoms with Crippen molar-refractivity contribution < 1.29 is 4.79 Å². The van der Waals surface area contributed by atoms with Crippen molar-refractivity contribution in [2.24, 2.45) is 0 Å². The SMILES string of the molecule is CNc1cc(C(=O)NCc2cccnc2)cc(C)n1. The summed E-state index contributed by atoms with van der Waals surface area (Å²) >= 11 is 0. The van der Waals surface area contributed by atoms with Gasteiger partial charge in [0.2, 0.25) is 0 Å². The number of hydrogen-bond acceptors (Lipinski definition) is 4. The van der Waals surface area contributed by atoms with Gasteiger partial charge >= 0.3 is 0 Å². The number of anilines is 1. The zero-order chi connectivity index (χ0) is 13.7. The molecule has 0 aliphatic rings. The number of aryl methyl sites for hydroxylation is 1. The lowest BCUT2D eigenvalue weighted by molar-refractivity contribution is 0.0950. The van der Waals surface area contributed by atoms with E-state index in [4.69, 9.17) is 0 Å². The average Bonchev–Trinajstić information content (AvgIpc) is 2.45. The van der Waals surface area contributed by atoms with E-state index < -0.39 is 0 Å². The minimum Gasteiger partial charge on any atom is -0.373 e. The third-order valence-corrected chi connectivity index (χ3v) is 2.65. The van der Waals surface area contributed by atoms with Gasteiger partial charge in [-0.3, -0.25) is 9.78 Å². The van der Waals surface area contributed by atoms with E-state index in [2.05, 4.69) is 20.6 Å². The lowest BCUT2D eigenvalue weighted by Crippen LogP contribution is -2.23. The van der Waals surface area contributed by atoms with Crippen LogP contribution in [0.1, 0.15) is 21.6 Å². The van der Waals surface area contributed by atoms with Gasteiger partial charge in [-0.15, -0.1) is 0 Å². The Hall–Kier alpha value is -2.43. The zero-order valence-electron chi connectivity index (χ0n) is 11.0. The van der Waals surface area contributed by atoms with E-state index in [0.717, 1.165) is 11.3 Å². The fourth-order valence-electron chi connectivity index (χ4n) is 1.71. The Balaban J connectivity index is 2.06. The van der Waals surface area contributed by atoms with Crippen LogP contribution in [0.3, 0.4) is 0 Å². The molecule has 2 N–H and O–H groups in total. The molecule has 0 unspecified atom stereocenters. The molecular formula is C14H16N4O. The van der Waals surface area contributed by atoms with Crippen molar-refractivity contribution in [1.82, 2.24) is 15.3 Å². The molecule has 5 nitrogen and oxygen atoms in total. The van der Waals surface area contributed by atoms with Crippen molar-refractivity contribution >= 4 is 11.7 Å². The Morgan fingerprint density at radius 1 is 1.37 bits per heavy atom. The highest BCUT2D eigenvalue weighted by Crippen LogP contribution is 2.09. The second-order valence-electron chi connectivity index (χ2n) is 4.18. The summed E-state index contributed by atoms with van der Waals surface area (Å²) < 4.78 is 0. The highest BCUT2D eigenvalue weighted by Gasteiger charge is 2.07. The molecule has 2 aromatic heterocycles. The number of aromatic nitrogens is 2. The van der Waals surface area contributed by atoms with Crippen LogP contribution in [-0.2, 0) is 6.54 Å². The summed E-state index contributed by atoms with van der Waals surface area (Å²) in [6, 6.07) is 7.26. The molecule has 0 atom stereocenters. The van der Waals surface area contributed by atoms with Crippen LogP contribution in [0, 0.1) is 6.92 Å². The first kappa shape index (κ1) is 13.0. The Labute approximate surface area is 112 Å². The Kier molecular flexibility index (Phi) is 4.07. The molecule has 98 valence electrons. The molecule has 0 aromatic carbocycles. The van der Waals surface area contributed by atoms with Crippen molar-refractivity contribution in [2.45, 2.75) is 13.5 Å². The number of carbonyl (C=O) groups is 1. The highest BCUT2D eigenvalue weighted by atomic mass is 16.1. The van der Waals surface area contributed by atoms with Crippen molar-refractivity contribution in [3.05, 3.63) is 53.5 Å². The van der Waals surface area contributed by atoms with Crippen LogP contribution in [0.4, 0.5) is 5.82 Å². The number of nitrogens with zero attached hydrogens (tertiary/aromatic N) is 2. The molecule has 1 amide bonds. The summed E-state index contributed by atoms with van der Waals surface area (Å²) in [4.78, 5) is 20.3. The van der Waals surface area contributed by atoms with E-state index in [0.29, 0.717) is 17.9 Å². The van der Waals surface area contributed by atoms with Gasteiger partial charge in [0.05, 0.1) is 0 Å². The molecule has 0 aliphatic heterocycles. The first-order valence-electron chi connectivity index (χ1n) is 6.02. The third-order valence-electron chi connectivity index (χ3n) is 2.65. The van der Waals surface area contributed by atoms with E-state index in [1.165, 1.54) is 0 Å². The Morgan fingerprint density at radius 2 is 2.21 bits per heavy atom. The van der Waals surface area contributed by atoms with Gasteiger partial charge in [-0.2, -0.15) is 0 Å². The molecule has 2 aromatic rings. The summed E-state index contributed by atoms with van der Waals surface area (Å²) in [5.41, 5.74) is 2.37. The number of carbonyl (C=O) groups excluding carboxylic acids is 1. The molecule has 19 heavy (non-hydrogen) atoms. The smallest absolute Gasteiger partial charge is 0.251 e. The van der Waals surface area contributed by atoms with Gasteiger partial charge in [-0.05, 0) is 30.7 Å². The van der Waals surface area contributed by atoms with E-state index in [-0.39, 0.29) is 5.91 Å². The van der Waals surface area contributed by atoms with Gasteiger partial charge in [0.15, 0.2) is 0 Å². The van der Waals surface area contributed by atoms with Crippen LogP contribution in [0.15, 0.2) is 36.7 Å². The molecule has 0 aliphatic carbocycles. The number of hydrogen-bond donors (Lipinski definition) is 2. The molecule has 0 spiro atoms. The molecule has 0 fully saturated rings. The number of amides is 1. The van der Waals surface area contributed by atoms with E-state index in [1.54, 1.807) is 31.6 Å². The monoisotopic (exact) mass is 256 g/mol. The van der Waals surface area contributed by atoms with Crippen molar-refractivity contribution in [1.29, 1.82) is 0 Å². The summed E-state index contributed by atoms with van der Waals surface area (Å²) in [6.45, 7) is 2.32. The number of rotatable bonds is 4. The topological polar surface area (TPSA) is 66.9 Å². The maximum absolute atomic E-state index is 12.1. The average molecular weight is 256 g/mol. The van der Waals surface area contributed by atoms with Gasteiger partial charge < -0.3 is 10.6 Å². The van der Waals surface area contributed by atoms with Crippen LogP contribution < -0.4 is 10.6 Å². The summed E-state index contributed by atoms with van der Waals surface area (Å²) in [5.74, 6) is 0.567. The van der Waals surface area contributed by atoms with Gasteiger partial charge in [0.25, 0.3) is 5.91 Å². The highest BCUT2D eigenvalue weighted by molar-refractivity contribution is 5.94. The standard InChI is InChI=1S/C14H16N4O/c1-10-6-12(7-13(15-2)18-10)14(19)17-9-11-4-3-5-16-8-11/h3-8H,9H2,1-2H3,(H,15,18)(H,17,19). The normalized spacial score (nSPS) is 10.0. The minimum absolute atomic E-state index is 0.120. The molecule has 0 saturated carbocycles. The molecule has 2 rings (SSSR count). The number of pyridine rings is 2. The molecule has 0 radical (unpaired) electrons. The summed E-state index contributed by atoms with van der Waals surface area (Å²) in [7, 11) is 1.78. The quantitative estimate of drug-likeness (QED) is 0.874. The zero-order valence-corrected chi connectivity index (χ0v) is 11.0. The number of nitrogens with one attached hydrogen (secondary N) is 2. The van der Waals surface area contributed by atoms with Gasteiger partial charge in [0.1, 0.15) is 5.82 Å². The van der Waals surface area contributed by atoms with Crippen LogP contribution in [0.5, 0.6) is 0 Å². The lowest BCUT2D eigenvalue weighted by atomic mass is 10.2. The van der Waals surface area contributed by atoms with Crippen LogP contribution >= 0.6 is 0 Å². The molecule has 0 saturated heterocycles. The van der Waals surface area contributed by atoms with Crippen LogP contribution in [0.2, 0.25) is 0 Å². The van der Waals surface area contributed by atoms with E-state index in [1.807, 2.05) is 19.1 Å². The Morgan fingerprint density at radius 3 is 2.89 bits per heavy atom. The first-order chi connectivity index (χ1) is 9.19. The largest absolute Gasteiger partial charge is 0.373 e. The van der Waals surface area contributed by atoms with Gasteiger partial charge in [0, 0.05) is 37.2 Å². The van der Waals surface area contributed by atoms with Crippen LogP contribution in [0.25, 0.3) is 0 Å². The second kappa shape index (κ2) is 5.95. The van der Waals surface area contributed by atoms with Crippen molar-refractivity contribution in [3.8, 4) is 0 Å². The second-order valence-corrected chi connectivity index (χ2v) is 4.18. The fraction of sp³-hybridized carbons (Fsp3) is 0.214. The predicted molar refractivity (Wildman–Crippen MR) is 73.9 cm³/mol. The molecular weight excluding hydrogens is 240 g/mol. The molecule has 5 heteroatoms. The maximum atomic E-state index is 12.1. The maximum Gasteiger partial charge on any atom is 0.251 e. The van der Waals surface area contributed by atoms with Crippen LogP contribution in [-0.4, -0.2) is 22.9 Å². The first-order valence-corrected chi connectivity index (χ1v) is 6.02. The Bertz CT molecular complexity index is 569. The summed E-state index contributed by atoms with van der Waals surface area (Å²) in [6.07, 6.45) is 3.44.